The summed E-state index contributed by atoms with van der Waals surface area (Å²) in [5.41, 5.74) is -0.400. The molecule has 2 aromatic rings. The van der Waals surface area contributed by atoms with Crippen LogP contribution in [0.3, 0.4) is 0 Å². The third kappa shape index (κ3) is 2.85. The first-order valence-electron chi connectivity index (χ1n) is 7.15. The van der Waals surface area contributed by atoms with Crippen LogP contribution < -0.4 is 0 Å². The topological polar surface area (TPSA) is 71.2 Å². The van der Waals surface area contributed by atoms with E-state index in [1.165, 1.54) is 11.2 Å². The number of hydrogen-bond acceptors (Lipinski definition) is 4. The van der Waals surface area contributed by atoms with Gasteiger partial charge in [0.05, 0.1) is 18.8 Å². The van der Waals surface area contributed by atoms with Crippen molar-refractivity contribution in [3.63, 3.8) is 0 Å². The molecule has 1 aliphatic rings. The van der Waals surface area contributed by atoms with Gasteiger partial charge in [-0.15, -0.1) is 0 Å². The highest BCUT2D eigenvalue weighted by Crippen LogP contribution is 2.26. The summed E-state index contributed by atoms with van der Waals surface area (Å²) >= 11 is 0. The summed E-state index contributed by atoms with van der Waals surface area (Å²) in [6, 6.07) is 6.90. The lowest BCUT2D eigenvalue weighted by atomic mass is 9.95. The maximum Gasteiger partial charge on any atom is 0.253 e. The number of aliphatic hydroxyl groups is 1. The number of aliphatic hydroxyl groups excluding tert-OH is 1. The lowest BCUT2D eigenvalue weighted by Gasteiger charge is -2.36. The molecule has 1 atom stereocenters. The smallest absolute Gasteiger partial charge is 0.253 e. The van der Waals surface area contributed by atoms with Gasteiger partial charge in [-0.3, -0.25) is 4.79 Å². The lowest BCUT2D eigenvalue weighted by molar-refractivity contribution is 0.00174. The van der Waals surface area contributed by atoms with E-state index >= 15 is 0 Å². The lowest BCUT2D eigenvalue weighted by Crippen LogP contribution is -2.49. The minimum Gasteiger partial charge on any atom is -0.393 e. The number of alkyl halides is 1. The number of likely N-dealkylation sites (tertiary alicyclic amines) is 1. The van der Waals surface area contributed by atoms with Gasteiger partial charge < -0.3 is 10.0 Å². The number of aromatic nitrogens is 3. The van der Waals surface area contributed by atoms with E-state index in [4.69, 9.17) is 5.11 Å². The molecule has 7 heteroatoms. The number of amides is 1. The second-order valence-corrected chi connectivity index (χ2v) is 5.53. The Bertz CT molecular complexity index is 644. The standard InChI is InChI=1S/C15H17FN4O2/c16-15(9-21)6-1-7-19(8-15)14(22)12-2-4-13(5-3-12)20-11-17-10-18-20/h2-5,10-11,21H,1,6-9H2/t15-/m1/s1. The summed E-state index contributed by atoms with van der Waals surface area (Å²) in [6.45, 7) is -0.107. The molecule has 1 saturated heterocycles. The summed E-state index contributed by atoms with van der Waals surface area (Å²) in [4.78, 5) is 17.8. The van der Waals surface area contributed by atoms with E-state index in [0.29, 0.717) is 24.9 Å². The van der Waals surface area contributed by atoms with Crippen LogP contribution in [0.15, 0.2) is 36.9 Å². The molecule has 2 heterocycles. The highest BCUT2D eigenvalue weighted by molar-refractivity contribution is 5.94. The van der Waals surface area contributed by atoms with Crippen LogP contribution in [-0.2, 0) is 0 Å². The fourth-order valence-corrected chi connectivity index (χ4v) is 2.67. The van der Waals surface area contributed by atoms with Gasteiger partial charge in [0.15, 0.2) is 5.67 Å². The quantitative estimate of drug-likeness (QED) is 0.925. The molecule has 1 N–H and O–H groups in total. The van der Waals surface area contributed by atoms with Crippen molar-refractivity contribution in [2.75, 3.05) is 19.7 Å². The Kier molecular flexibility index (Phi) is 3.89. The van der Waals surface area contributed by atoms with Crippen molar-refractivity contribution in [2.24, 2.45) is 0 Å². The Morgan fingerprint density at radius 3 is 2.77 bits per heavy atom. The predicted octanol–water partition coefficient (Wildman–Crippen LogP) is 1.20. The van der Waals surface area contributed by atoms with E-state index in [1.54, 1.807) is 35.3 Å². The number of carbonyl (C=O) groups is 1. The van der Waals surface area contributed by atoms with E-state index in [0.717, 1.165) is 5.69 Å². The van der Waals surface area contributed by atoms with Crippen molar-refractivity contribution >= 4 is 5.91 Å². The van der Waals surface area contributed by atoms with Crippen molar-refractivity contribution in [1.82, 2.24) is 19.7 Å². The molecule has 0 spiro atoms. The fraction of sp³-hybridized carbons (Fsp3) is 0.400. The molecule has 1 aromatic heterocycles. The first-order valence-corrected chi connectivity index (χ1v) is 7.15. The first-order chi connectivity index (χ1) is 10.6. The van der Waals surface area contributed by atoms with Crippen LogP contribution in [-0.4, -0.2) is 56.0 Å². The third-order valence-electron chi connectivity index (χ3n) is 3.90. The average Bonchev–Trinajstić information content (AvgIpc) is 3.09. The van der Waals surface area contributed by atoms with Crippen LogP contribution in [0.4, 0.5) is 4.39 Å². The molecule has 1 aromatic carbocycles. The number of piperidine rings is 1. The Labute approximate surface area is 127 Å². The summed E-state index contributed by atoms with van der Waals surface area (Å²) in [5.74, 6) is -0.222. The molecule has 1 amide bonds. The minimum atomic E-state index is -1.69. The van der Waals surface area contributed by atoms with Gasteiger partial charge in [0.1, 0.15) is 12.7 Å². The first kappa shape index (κ1) is 14.6. The number of benzene rings is 1. The molecular formula is C15H17FN4O2. The SMILES string of the molecule is O=C(c1ccc(-n2cncn2)cc1)N1CCC[C@](F)(CO)C1. The van der Waals surface area contributed by atoms with Crippen molar-refractivity contribution < 1.29 is 14.3 Å². The second kappa shape index (κ2) is 5.84. The van der Waals surface area contributed by atoms with Crippen LogP contribution in [0.2, 0.25) is 0 Å². The molecule has 3 rings (SSSR count). The molecule has 0 radical (unpaired) electrons. The van der Waals surface area contributed by atoms with E-state index < -0.39 is 12.3 Å². The van der Waals surface area contributed by atoms with Crippen LogP contribution in [0.1, 0.15) is 23.2 Å². The van der Waals surface area contributed by atoms with Gasteiger partial charge in [-0.2, -0.15) is 5.10 Å². The Balaban J connectivity index is 1.75. The zero-order valence-electron chi connectivity index (χ0n) is 12.0. The van der Waals surface area contributed by atoms with Gasteiger partial charge in [0, 0.05) is 12.1 Å². The zero-order valence-corrected chi connectivity index (χ0v) is 12.0. The number of nitrogens with zero attached hydrogens (tertiary/aromatic N) is 4. The van der Waals surface area contributed by atoms with Gasteiger partial charge in [-0.05, 0) is 37.1 Å². The molecular weight excluding hydrogens is 287 g/mol. The largest absolute Gasteiger partial charge is 0.393 e. The van der Waals surface area contributed by atoms with Crippen LogP contribution in [0, 0.1) is 0 Å². The summed E-state index contributed by atoms with van der Waals surface area (Å²) in [6.07, 6.45) is 3.85. The minimum absolute atomic E-state index is 0.0623. The Morgan fingerprint density at radius 1 is 1.36 bits per heavy atom. The summed E-state index contributed by atoms with van der Waals surface area (Å²) in [7, 11) is 0. The molecule has 6 nitrogen and oxygen atoms in total. The van der Waals surface area contributed by atoms with E-state index in [9.17, 15) is 9.18 Å². The molecule has 0 unspecified atom stereocenters. The summed E-state index contributed by atoms with van der Waals surface area (Å²) < 4.78 is 15.8. The Hall–Kier alpha value is -2.28. The number of carbonyl (C=O) groups excluding carboxylic acids is 1. The van der Waals surface area contributed by atoms with E-state index in [2.05, 4.69) is 10.1 Å². The van der Waals surface area contributed by atoms with Crippen LogP contribution in [0.25, 0.3) is 5.69 Å². The van der Waals surface area contributed by atoms with Gasteiger partial charge >= 0.3 is 0 Å². The van der Waals surface area contributed by atoms with Crippen LogP contribution in [0.5, 0.6) is 0 Å². The van der Waals surface area contributed by atoms with E-state index in [-0.39, 0.29) is 12.5 Å². The molecule has 0 aliphatic carbocycles. The molecule has 0 bridgehead atoms. The van der Waals surface area contributed by atoms with Crippen molar-refractivity contribution in [2.45, 2.75) is 18.5 Å². The van der Waals surface area contributed by atoms with Gasteiger partial charge in [-0.25, -0.2) is 14.1 Å². The molecule has 0 saturated carbocycles. The predicted molar refractivity (Wildman–Crippen MR) is 77.4 cm³/mol. The average molecular weight is 304 g/mol. The van der Waals surface area contributed by atoms with Gasteiger partial charge in [0.2, 0.25) is 0 Å². The van der Waals surface area contributed by atoms with Crippen molar-refractivity contribution in [3.8, 4) is 5.69 Å². The molecule has 1 fully saturated rings. The number of rotatable bonds is 3. The molecule has 1 aliphatic heterocycles. The van der Waals surface area contributed by atoms with Crippen molar-refractivity contribution in [1.29, 1.82) is 0 Å². The highest BCUT2D eigenvalue weighted by Gasteiger charge is 2.36. The van der Waals surface area contributed by atoms with Crippen LogP contribution >= 0.6 is 0 Å². The number of halogens is 1. The fourth-order valence-electron chi connectivity index (χ4n) is 2.67. The third-order valence-corrected chi connectivity index (χ3v) is 3.90. The van der Waals surface area contributed by atoms with Crippen molar-refractivity contribution in [3.05, 3.63) is 42.5 Å². The number of hydrogen-bond donors (Lipinski definition) is 1. The molecule has 22 heavy (non-hydrogen) atoms. The molecule has 116 valence electrons. The van der Waals surface area contributed by atoms with Gasteiger partial charge in [0.25, 0.3) is 5.91 Å². The van der Waals surface area contributed by atoms with Gasteiger partial charge in [-0.1, -0.05) is 0 Å². The maximum atomic E-state index is 14.2. The second-order valence-electron chi connectivity index (χ2n) is 5.53. The maximum absolute atomic E-state index is 14.2. The Morgan fingerprint density at radius 2 is 2.14 bits per heavy atom. The summed E-state index contributed by atoms with van der Waals surface area (Å²) in [5, 5.41) is 13.1. The monoisotopic (exact) mass is 304 g/mol. The van der Waals surface area contributed by atoms with E-state index in [1.807, 2.05) is 0 Å². The highest BCUT2D eigenvalue weighted by atomic mass is 19.1. The zero-order chi connectivity index (χ0) is 15.6. The normalized spacial score (nSPS) is 21.8.